The second kappa shape index (κ2) is 12.6. The Morgan fingerprint density at radius 3 is 2.60 bits per heavy atom. The Balaban J connectivity index is 1.96. The highest BCUT2D eigenvalue weighted by Gasteiger charge is 2.36. The summed E-state index contributed by atoms with van der Waals surface area (Å²) in [5.41, 5.74) is 2.29. The molecule has 0 aromatic heterocycles. The van der Waals surface area contributed by atoms with Crippen LogP contribution in [0.2, 0.25) is 0 Å². The van der Waals surface area contributed by atoms with E-state index in [4.69, 9.17) is 18.9 Å². The van der Waals surface area contributed by atoms with Crippen LogP contribution in [0, 0.1) is 5.92 Å². The third-order valence-electron chi connectivity index (χ3n) is 6.09. The van der Waals surface area contributed by atoms with E-state index in [1.165, 1.54) is 0 Å². The number of carbonyl (C=O) groups excluding carboxylic acids is 3. The second-order valence-electron chi connectivity index (χ2n) is 8.47. The molecule has 0 aliphatic carbocycles. The molecule has 0 spiro atoms. The molecule has 35 heavy (non-hydrogen) atoms. The van der Waals surface area contributed by atoms with Crippen molar-refractivity contribution in [1.29, 1.82) is 0 Å². The first-order valence-electron chi connectivity index (χ1n) is 11.9. The minimum atomic E-state index is -0.718. The Bertz CT molecular complexity index is 962. The van der Waals surface area contributed by atoms with Gasteiger partial charge in [-0.05, 0) is 50.9 Å². The van der Waals surface area contributed by atoms with E-state index in [0.29, 0.717) is 48.9 Å². The first kappa shape index (κ1) is 26.5. The predicted molar refractivity (Wildman–Crippen MR) is 128 cm³/mol. The molecule has 192 valence electrons. The number of urea groups is 1. The highest BCUT2D eigenvalue weighted by molar-refractivity contribution is 5.95. The molecule has 10 heteroatoms. The zero-order chi connectivity index (χ0) is 25.4. The van der Waals surface area contributed by atoms with Gasteiger partial charge >= 0.3 is 18.0 Å². The molecular formula is C25H35N3O7. The first-order chi connectivity index (χ1) is 16.9. The quantitative estimate of drug-likeness (QED) is 0.481. The van der Waals surface area contributed by atoms with E-state index in [1.807, 2.05) is 12.1 Å². The van der Waals surface area contributed by atoms with Gasteiger partial charge in [0, 0.05) is 31.5 Å². The molecule has 1 aromatic rings. The van der Waals surface area contributed by atoms with Crippen LogP contribution in [0.25, 0.3) is 0 Å². The zero-order valence-corrected chi connectivity index (χ0v) is 20.8. The lowest BCUT2D eigenvalue weighted by atomic mass is 9.92. The van der Waals surface area contributed by atoms with Gasteiger partial charge in [-0.2, -0.15) is 0 Å². The van der Waals surface area contributed by atoms with Crippen LogP contribution in [0.15, 0.2) is 29.5 Å². The average Bonchev–Trinajstić information content (AvgIpc) is 2.84. The topological polar surface area (TPSA) is 115 Å². The Morgan fingerprint density at radius 1 is 1.14 bits per heavy atom. The number of benzene rings is 1. The van der Waals surface area contributed by atoms with Gasteiger partial charge in [-0.15, -0.1) is 0 Å². The molecule has 2 aliphatic rings. The number of amides is 2. The number of esters is 2. The standard InChI is InChI=1S/C25H35N3O7/c1-5-34-23(29)17-8-7-11-28(13-17)14-19-21(24(30)35-6-2)22(27-25(31)26-19)16-9-10-20(33-4)18(12-16)15-32-3/h9-10,12,17,22H,5-8,11,13-15H2,1-4H3,(H2,26,27,31)/t17-,22+/m1/s1. The molecule has 2 N–H and O–H groups in total. The highest BCUT2D eigenvalue weighted by Crippen LogP contribution is 2.32. The van der Waals surface area contributed by atoms with Gasteiger partial charge in [0.2, 0.25) is 0 Å². The van der Waals surface area contributed by atoms with Gasteiger partial charge in [-0.3, -0.25) is 9.69 Å². The number of methoxy groups -OCH3 is 2. The van der Waals surface area contributed by atoms with Crippen LogP contribution in [0.5, 0.6) is 5.75 Å². The Labute approximate surface area is 205 Å². The zero-order valence-electron chi connectivity index (χ0n) is 20.8. The van der Waals surface area contributed by atoms with E-state index < -0.39 is 18.0 Å². The molecule has 2 heterocycles. The summed E-state index contributed by atoms with van der Waals surface area (Å²) in [6, 6.07) is 4.32. The predicted octanol–water partition coefficient (Wildman–Crippen LogP) is 2.29. The van der Waals surface area contributed by atoms with E-state index in [2.05, 4.69) is 15.5 Å². The maximum absolute atomic E-state index is 13.1. The van der Waals surface area contributed by atoms with Gasteiger partial charge in [0.15, 0.2) is 0 Å². The first-order valence-corrected chi connectivity index (χ1v) is 11.9. The SMILES string of the molecule is CCOC(=O)C1=C(CN2CCC[C@@H](C(=O)OCC)C2)NC(=O)N[C@H]1c1ccc(OC)c(COC)c1. The molecule has 2 atom stereocenters. The smallest absolute Gasteiger partial charge is 0.338 e. The van der Waals surface area contributed by atoms with Crippen LogP contribution in [0.3, 0.4) is 0 Å². The summed E-state index contributed by atoms with van der Waals surface area (Å²) in [6.07, 6.45) is 1.57. The highest BCUT2D eigenvalue weighted by atomic mass is 16.5. The summed E-state index contributed by atoms with van der Waals surface area (Å²) in [6.45, 7) is 5.90. The van der Waals surface area contributed by atoms with Crippen LogP contribution in [-0.4, -0.2) is 69.9 Å². The van der Waals surface area contributed by atoms with Gasteiger partial charge in [-0.1, -0.05) is 6.07 Å². The van der Waals surface area contributed by atoms with Gasteiger partial charge in [0.1, 0.15) is 5.75 Å². The van der Waals surface area contributed by atoms with Crippen molar-refractivity contribution in [2.24, 2.45) is 5.92 Å². The number of hydrogen-bond acceptors (Lipinski definition) is 8. The third kappa shape index (κ3) is 6.52. The molecule has 10 nitrogen and oxygen atoms in total. The number of likely N-dealkylation sites (tertiary alicyclic amines) is 1. The van der Waals surface area contributed by atoms with Gasteiger partial charge < -0.3 is 29.6 Å². The molecule has 1 aromatic carbocycles. The van der Waals surface area contributed by atoms with Crippen LogP contribution in [0.4, 0.5) is 4.79 Å². The Hall–Kier alpha value is -3.11. The van der Waals surface area contributed by atoms with Crippen LogP contribution >= 0.6 is 0 Å². The van der Waals surface area contributed by atoms with Crippen LogP contribution < -0.4 is 15.4 Å². The number of nitrogens with zero attached hydrogens (tertiary/aromatic N) is 1. The number of carbonyl (C=O) groups is 3. The molecule has 0 unspecified atom stereocenters. The van der Waals surface area contributed by atoms with Gasteiger partial charge in [0.25, 0.3) is 0 Å². The fourth-order valence-corrected chi connectivity index (χ4v) is 4.56. The third-order valence-corrected chi connectivity index (χ3v) is 6.09. The number of piperidine rings is 1. The van der Waals surface area contributed by atoms with Crippen molar-refractivity contribution in [2.75, 3.05) is 47.1 Å². The molecule has 2 aliphatic heterocycles. The number of hydrogen-bond donors (Lipinski definition) is 2. The van der Waals surface area contributed by atoms with Crippen molar-refractivity contribution >= 4 is 18.0 Å². The molecule has 2 amide bonds. The molecule has 3 rings (SSSR count). The Morgan fingerprint density at radius 2 is 1.91 bits per heavy atom. The summed E-state index contributed by atoms with van der Waals surface area (Å²) >= 11 is 0. The summed E-state index contributed by atoms with van der Waals surface area (Å²) in [4.78, 5) is 40.1. The van der Waals surface area contributed by atoms with Crippen molar-refractivity contribution in [3.05, 3.63) is 40.6 Å². The lowest BCUT2D eigenvalue weighted by Gasteiger charge is -2.35. The van der Waals surface area contributed by atoms with E-state index >= 15 is 0 Å². The van der Waals surface area contributed by atoms with Crippen molar-refractivity contribution < 1.29 is 33.3 Å². The fraction of sp³-hybridized carbons (Fsp3) is 0.560. The number of ether oxygens (including phenoxy) is 4. The lowest BCUT2D eigenvalue weighted by molar-refractivity contribution is -0.150. The summed E-state index contributed by atoms with van der Waals surface area (Å²) in [5.74, 6) is -0.311. The number of rotatable bonds is 10. The summed E-state index contributed by atoms with van der Waals surface area (Å²) in [7, 11) is 3.16. The maximum Gasteiger partial charge on any atom is 0.338 e. The largest absolute Gasteiger partial charge is 0.496 e. The van der Waals surface area contributed by atoms with E-state index in [-0.39, 0.29) is 18.5 Å². The summed E-state index contributed by atoms with van der Waals surface area (Å²) < 4.78 is 21.3. The van der Waals surface area contributed by atoms with E-state index in [9.17, 15) is 14.4 Å². The fourth-order valence-electron chi connectivity index (χ4n) is 4.56. The molecule has 1 fully saturated rings. The monoisotopic (exact) mass is 489 g/mol. The molecule has 0 saturated carbocycles. The molecule has 0 radical (unpaired) electrons. The van der Waals surface area contributed by atoms with Crippen molar-refractivity contribution in [1.82, 2.24) is 15.5 Å². The average molecular weight is 490 g/mol. The Kier molecular flexibility index (Phi) is 9.50. The number of nitrogens with one attached hydrogen (secondary N) is 2. The molecule has 0 bridgehead atoms. The van der Waals surface area contributed by atoms with Gasteiger partial charge in [0.05, 0.1) is 44.5 Å². The van der Waals surface area contributed by atoms with Crippen molar-refractivity contribution in [3.8, 4) is 5.75 Å². The normalized spacial score (nSPS) is 20.6. The van der Waals surface area contributed by atoms with Crippen LogP contribution in [0.1, 0.15) is 43.9 Å². The van der Waals surface area contributed by atoms with Crippen molar-refractivity contribution in [2.45, 2.75) is 39.3 Å². The second-order valence-corrected chi connectivity index (χ2v) is 8.47. The van der Waals surface area contributed by atoms with Crippen LogP contribution in [-0.2, 0) is 30.4 Å². The minimum absolute atomic E-state index is 0.197. The molecular weight excluding hydrogens is 454 g/mol. The minimum Gasteiger partial charge on any atom is -0.496 e. The van der Waals surface area contributed by atoms with Gasteiger partial charge in [-0.25, -0.2) is 9.59 Å². The lowest BCUT2D eigenvalue weighted by Crippen LogP contribution is -2.50. The van der Waals surface area contributed by atoms with E-state index in [0.717, 1.165) is 24.9 Å². The van der Waals surface area contributed by atoms with Crippen molar-refractivity contribution in [3.63, 3.8) is 0 Å². The maximum atomic E-state index is 13.1. The van der Waals surface area contributed by atoms with E-state index in [1.54, 1.807) is 34.1 Å². The summed E-state index contributed by atoms with van der Waals surface area (Å²) in [5, 5.41) is 5.66. The molecule has 1 saturated heterocycles.